The number of methoxy groups -OCH3 is 1. The first-order chi connectivity index (χ1) is 13.1. The van der Waals surface area contributed by atoms with E-state index in [0.717, 1.165) is 58.1 Å². The van der Waals surface area contributed by atoms with Gasteiger partial charge < -0.3 is 25.3 Å². The number of guanidine groups is 1. The fraction of sp³-hybridized carbons (Fsp3) is 0.571. The molecule has 0 fully saturated rings. The molecule has 0 spiro atoms. The second kappa shape index (κ2) is 11.6. The Balaban J connectivity index is 1.77. The molecule has 1 heterocycles. The number of aryl methyl sites for hydroxylation is 1. The molecule has 0 radical (unpaired) electrons. The third-order valence-electron chi connectivity index (χ3n) is 4.60. The molecule has 0 saturated heterocycles. The Bertz CT molecular complexity index is 710. The molecule has 0 bridgehead atoms. The predicted octanol–water partition coefficient (Wildman–Crippen LogP) is 2.54. The van der Waals surface area contributed by atoms with Crippen LogP contribution in [0.4, 0.5) is 0 Å². The zero-order chi connectivity index (χ0) is 19.5. The molecule has 150 valence electrons. The number of hydrogen-bond donors (Lipinski definition) is 3. The Labute approximate surface area is 163 Å². The lowest BCUT2D eigenvalue weighted by atomic mass is 10.1. The van der Waals surface area contributed by atoms with E-state index in [0.29, 0.717) is 0 Å². The van der Waals surface area contributed by atoms with Gasteiger partial charge in [-0.25, -0.2) is 0 Å². The summed E-state index contributed by atoms with van der Waals surface area (Å²) >= 11 is 0. The molecule has 0 unspecified atom stereocenters. The number of nitrogens with zero attached hydrogens (tertiary/aromatic N) is 2. The molecule has 0 saturated carbocycles. The molecular weight excluding hydrogens is 338 g/mol. The highest BCUT2D eigenvalue weighted by atomic mass is 16.5. The van der Waals surface area contributed by atoms with Gasteiger partial charge >= 0.3 is 0 Å². The van der Waals surface area contributed by atoms with Gasteiger partial charge in [0.1, 0.15) is 0 Å². The lowest BCUT2D eigenvalue weighted by Crippen LogP contribution is -2.38. The van der Waals surface area contributed by atoms with E-state index in [-0.39, 0.29) is 0 Å². The van der Waals surface area contributed by atoms with Crippen LogP contribution in [-0.2, 0) is 11.2 Å². The van der Waals surface area contributed by atoms with E-state index >= 15 is 0 Å². The standard InChI is InChI=1S/C21H35N5O/c1-5-22-21(23-10-6-12-26(3)13-14-27-4)24-11-9-18-16-25-20-15-17(2)7-8-19(18)20/h7-8,15-16,25H,5-6,9-14H2,1-4H3,(H2,22,23,24). The number of H-pyrrole nitrogens is 1. The van der Waals surface area contributed by atoms with E-state index in [9.17, 15) is 0 Å². The summed E-state index contributed by atoms with van der Waals surface area (Å²) in [6.45, 7) is 9.53. The van der Waals surface area contributed by atoms with Gasteiger partial charge in [-0.15, -0.1) is 0 Å². The van der Waals surface area contributed by atoms with Gasteiger partial charge in [-0.2, -0.15) is 0 Å². The maximum Gasteiger partial charge on any atom is 0.191 e. The summed E-state index contributed by atoms with van der Waals surface area (Å²) in [6.07, 6.45) is 4.12. The maximum atomic E-state index is 5.10. The first-order valence-corrected chi connectivity index (χ1v) is 9.90. The zero-order valence-corrected chi connectivity index (χ0v) is 17.3. The molecule has 6 nitrogen and oxygen atoms in total. The minimum absolute atomic E-state index is 0.775. The van der Waals surface area contributed by atoms with Crippen molar-refractivity contribution in [3.05, 3.63) is 35.5 Å². The van der Waals surface area contributed by atoms with Crippen molar-refractivity contribution in [3.63, 3.8) is 0 Å². The monoisotopic (exact) mass is 373 g/mol. The molecule has 2 aromatic rings. The summed E-state index contributed by atoms with van der Waals surface area (Å²) in [5.74, 6) is 0.896. The highest BCUT2D eigenvalue weighted by Gasteiger charge is 2.04. The molecule has 0 aliphatic rings. The van der Waals surface area contributed by atoms with Crippen LogP contribution in [0.2, 0.25) is 0 Å². The molecule has 1 aromatic carbocycles. The number of aliphatic imine (C=N–C) groups is 1. The molecule has 6 heteroatoms. The van der Waals surface area contributed by atoms with Crippen LogP contribution in [-0.4, -0.2) is 69.3 Å². The van der Waals surface area contributed by atoms with Crippen molar-refractivity contribution in [2.75, 3.05) is 53.5 Å². The van der Waals surface area contributed by atoms with Crippen LogP contribution < -0.4 is 10.6 Å². The van der Waals surface area contributed by atoms with Gasteiger partial charge in [0.15, 0.2) is 5.96 Å². The number of aromatic amines is 1. The zero-order valence-electron chi connectivity index (χ0n) is 17.3. The summed E-state index contributed by atoms with van der Waals surface area (Å²) in [6, 6.07) is 6.57. The largest absolute Gasteiger partial charge is 0.383 e. The van der Waals surface area contributed by atoms with Crippen LogP contribution in [0, 0.1) is 6.92 Å². The second-order valence-corrected chi connectivity index (χ2v) is 6.95. The molecule has 2 rings (SSSR count). The molecule has 27 heavy (non-hydrogen) atoms. The lowest BCUT2D eigenvalue weighted by molar-refractivity contribution is 0.161. The molecular formula is C21H35N5O. The van der Waals surface area contributed by atoms with Crippen molar-refractivity contribution < 1.29 is 4.74 Å². The van der Waals surface area contributed by atoms with Gasteiger partial charge in [-0.3, -0.25) is 4.99 Å². The molecule has 0 aliphatic carbocycles. The number of hydrogen-bond acceptors (Lipinski definition) is 3. The lowest BCUT2D eigenvalue weighted by Gasteiger charge is -2.15. The van der Waals surface area contributed by atoms with Crippen LogP contribution in [0.15, 0.2) is 29.4 Å². The summed E-state index contributed by atoms with van der Waals surface area (Å²) in [5.41, 5.74) is 3.83. The molecule has 0 atom stereocenters. The Morgan fingerprint density at radius 3 is 2.89 bits per heavy atom. The minimum Gasteiger partial charge on any atom is -0.383 e. The number of benzene rings is 1. The Morgan fingerprint density at radius 2 is 2.11 bits per heavy atom. The second-order valence-electron chi connectivity index (χ2n) is 6.95. The Hall–Kier alpha value is -2.05. The maximum absolute atomic E-state index is 5.10. The van der Waals surface area contributed by atoms with Crippen LogP contribution in [0.3, 0.4) is 0 Å². The molecule has 0 amide bonds. The van der Waals surface area contributed by atoms with E-state index in [1.54, 1.807) is 7.11 Å². The molecule has 1 aromatic heterocycles. The van der Waals surface area contributed by atoms with Gasteiger partial charge in [0.25, 0.3) is 0 Å². The SMILES string of the molecule is CCNC(=NCCCN(C)CCOC)NCCc1c[nH]c2cc(C)ccc12. The smallest absolute Gasteiger partial charge is 0.191 e. The van der Waals surface area contributed by atoms with E-state index in [1.165, 1.54) is 22.0 Å². The number of likely N-dealkylation sites (N-methyl/N-ethyl adjacent to an activating group) is 1. The van der Waals surface area contributed by atoms with Gasteiger partial charge in [0.05, 0.1) is 6.61 Å². The first-order valence-electron chi connectivity index (χ1n) is 9.90. The Morgan fingerprint density at radius 1 is 1.26 bits per heavy atom. The van der Waals surface area contributed by atoms with Crippen LogP contribution in [0.25, 0.3) is 10.9 Å². The number of fused-ring (bicyclic) bond motifs is 1. The van der Waals surface area contributed by atoms with Crippen LogP contribution >= 0.6 is 0 Å². The summed E-state index contributed by atoms with van der Waals surface area (Å²) in [4.78, 5) is 10.3. The number of ether oxygens (including phenoxy) is 1. The minimum atomic E-state index is 0.775. The Kier molecular flexibility index (Phi) is 9.15. The normalized spacial score (nSPS) is 12.1. The van der Waals surface area contributed by atoms with Gasteiger partial charge in [-0.1, -0.05) is 12.1 Å². The number of nitrogens with one attached hydrogen (secondary N) is 3. The van der Waals surface area contributed by atoms with Crippen LogP contribution in [0.1, 0.15) is 24.5 Å². The van der Waals surface area contributed by atoms with E-state index in [4.69, 9.17) is 4.74 Å². The van der Waals surface area contributed by atoms with Gasteiger partial charge in [0, 0.05) is 50.4 Å². The fourth-order valence-corrected chi connectivity index (χ4v) is 3.05. The quantitative estimate of drug-likeness (QED) is 0.322. The topological polar surface area (TPSA) is 64.7 Å². The van der Waals surface area contributed by atoms with Gasteiger partial charge in [0.2, 0.25) is 0 Å². The number of aromatic nitrogens is 1. The van der Waals surface area contributed by atoms with E-state index < -0.39 is 0 Å². The van der Waals surface area contributed by atoms with Crippen LogP contribution in [0.5, 0.6) is 0 Å². The fourth-order valence-electron chi connectivity index (χ4n) is 3.05. The summed E-state index contributed by atoms with van der Waals surface area (Å²) in [5, 5.41) is 8.08. The molecule has 0 aliphatic heterocycles. The van der Waals surface area contributed by atoms with Gasteiger partial charge in [-0.05, 0) is 57.5 Å². The highest BCUT2D eigenvalue weighted by Crippen LogP contribution is 2.19. The van der Waals surface area contributed by atoms with Crippen molar-refractivity contribution >= 4 is 16.9 Å². The summed E-state index contributed by atoms with van der Waals surface area (Å²) < 4.78 is 5.10. The van der Waals surface area contributed by atoms with Crippen molar-refractivity contribution in [1.82, 2.24) is 20.5 Å². The van der Waals surface area contributed by atoms with E-state index in [2.05, 4.69) is 70.8 Å². The third kappa shape index (κ3) is 7.23. The predicted molar refractivity (Wildman–Crippen MR) is 115 cm³/mol. The highest BCUT2D eigenvalue weighted by molar-refractivity contribution is 5.84. The molecule has 3 N–H and O–H groups in total. The average Bonchev–Trinajstić information content (AvgIpc) is 3.05. The van der Waals surface area contributed by atoms with Crippen molar-refractivity contribution in [3.8, 4) is 0 Å². The average molecular weight is 374 g/mol. The number of rotatable bonds is 11. The first kappa shape index (κ1) is 21.3. The van der Waals surface area contributed by atoms with Crippen molar-refractivity contribution in [2.45, 2.75) is 26.7 Å². The van der Waals surface area contributed by atoms with Crippen molar-refractivity contribution in [1.29, 1.82) is 0 Å². The summed E-state index contributed by atoms with van der Waals surface area (Å²) in [7, 11) is 3.86. The van der Waals surface area contributed by atoms with Crippen molar-refractivity contribution in [2.24, 2.45) is 4.99 Å². The van der Waals surface area contributed by atoms with E-state index in [1.807, 2.05) is 0 Å². The third-order valence-corrected chi connectivity index (χ3v) is 4.60.